The summed E-state index contributed by atoms with van der Waals surface area (Å²) in [6.07, 6.45) is 1.80. The van der Waals surface area contributed by atoms with Gasteiger partial charge >= 0.3 is 0 Å². The molecule has 3 aromatic rings. The Morgan fingerprint density at radius 1 is 1.16 bits per heavy atom. The van der Waals surface area contributed by atoms with Gasteiger partial charge in [-0.3, -0.25) is 4.79 Å². The minimum atomic E-state index is -3.20. The molecule has 2 heterocycles. The van der Waals surface area contributed by atoms with Crippen LogP contribution in [-0.2, 0) is 27.6 Å². The Kier molecular flexibility index (Phi) is 6.10. The van der Waals surface area contributed by atoms with Crippen LogP contribution in [0.4, 0.5) is 4.39 Å². The summed E-state index contributed by atoms with van der Waals surface area (Å²) in [6, 6.07) is 9.04. The molecule has 1 atom stereocenters. The number of hydrogen-bond donors (Lipinski definition) is 0. The zero-order valence-corrected chi connectivity index (χ0v) is 18.7. The quantitative estimate of drug-likeness (QED) is 0.536. The van der Waals surface area contributed by atoms with Gasteiger partial charge in [-0.2, -0.15) is 0 Å². The number of carbonyl (C=O) groups is 1. The number of sulfone groups is 1. The molecule has 1 saturated heterocycles. The van der Waals surface area contributed by atoms with Crippen molar-refractivity contribution < 1.29 is 31.5 Å². The van der Waals surface area contributed by atoms with Crippen molar-refractivity contribution in [2.45, 2.75) is 25.4 Å². The third-order valence-electron chi connectivity index (χ3n) is 5.73. The van der Waals surface area contributed by atoms with Crippen LogP contribution in [0.3, 0.4) is 0 Å². The standard InChI is InChI=1S/C23H24FNO6S/c1-29-21-5-3-15(9-22(21)30-2)12-25(18-7-8-32(27,28)14-18)23(26)10-16-13-31-20-6-4-17(24)11-19(16)20/h3-6,9,11,13,18H,7-8,10,12,14H2,1-2H3. The largest absolute Gasteiger partial charge is 0.493 e. The van der Waals surface area contributed by atoms with Crippen LogP contribution >= 0.6 is 0 Å². The number of nitrogens with zero attached hydrogens (tertiary/aromatic N) is 1. The molecule has 4 rings (SSSR count). The number of methoxy groups -OCH3 is 2. The predicted molar refractivity (Wildman–Crippen MR) is 117 cm³/mol. The van der Waals surface area contributed by atoms with Crippen molar-refractivity contribution >= 4 is 26.7 Å². The normalized spacial score (nSPS) is 17.4. The molecule has 1 aliphatic heterocycles. The minimum absolute atomic E-state index is 0.0275. The Labute approximate surface area is 185 Å². The molecule has 0 spiro atoms. The fourth-order valence-corrected chi connectivity index (χ4v) is 5.80. The van der Waals surface area contributed by atoms with Crippen LogP contribution in [0.25, 0.3) is 11.0 Å². The molecular weight excluding hydrogens is 437 g/mol. The first-order valence-electron chi connectivity index (χ1n) is 10.2. The van der Waals surface area contributed by atoms with Crippen molar-refractivity contribution in [3.63, 3.8) is 0 Å². The van der Waals surface area contributed by atoms with E-state index in [1.807, 2.05) is 6.07 Å². The zero-order chi connectivity index (χ0) is 22.9. The molecule has 9 heteroatoms. The molecule has 0 radical (unpaired) electrons. The molecule has 1 unspecified atom stereocenters. The topological polar surface area (TPSA) is 86.0 Å². The molecule has 1 aromatic heterocycles. The van der Waals surface area contributed by atoms with E-state index in [2.05, 4.69) is 0 Å². The number of rotatable bonds is 7. The average Bonchev–Trinajstić information content (AvgIpc) is 3.33. The van der Waals surface area contributed by atoms with Gasteiger partial charge in [0.05, 0.1) is 38.4 Å². The maximum Gasteiger partial charge on any atom is 0.227 e. The third-order valence-corrected chi connectivity index (χ3v) is 7.48. The third kappa shape index (κ3) is 4.57. The van der Waals surface area contributed by atoms with E-state index in [1.165, 1.54) is 38.7 Å². The lowest BCUT2D eigenvalue weighted by molar-refractivity contribution is -0.133. The lowest BCUT2D eigenvalue weighted by Crippen LogP contribution is -2.41. The van der Waals surface area contributed by atoms with Crippen molar-refractivity contribution in [2.75, 3.05) is 25.7 Å². The first kappa shape index (κ1) is 22.1. The Hall–Kier alpha value is -3.07. The van der Waals surface area contributed by atoms with Crippen molar-refractivity contribution in [1.29, 1.82) is 0 Å². The highest BCUT2D eigenvalue weighted by Gasteiger charge is 2.35. The molecular formula is C23H24FNO6S. The highest BCUT2D eigenvalue weighted by molar-refractivity contribution is 7.91. The molecule has 170 valence electrons. The van der Waals surface area contributed by atoms with E-state index in [0.29, 0.717) is 34.5 Å². The van der Waals surface area contributed by atoms with Gasteiger partial charge in [0.1, 0.15) is 11.4 Å². The van der Waals surface area contributed by atoms with Gasteiger partial charge in [-0.25, -0.2) is 12.8 Å². The Morgan fingerprint density at radius 3 is 2.62 bits per heavy atom. The van der Waals surface area contributed by atoms with Crippen molar-refractivity contribution in [2.24, 2.45) is 0 Å². The number of amides is 1. The second kappa shape index (κ2) is 8.82. The molecule has 7 nitrogen and oxygen atoms in total. The summed E-state index contributed by atoms with van der Waals surface area (Å²) in [5.74, 6) is 0.378. The lowest BCUT2D eigenvalue weighted by Gasteiger charge is -2.29. The van der Waals surface area contributed by atoms with Crippen LogP contribution in [0.5, 0.6) is 11.5 Å². The summed E-state index contributed by atoms with van der Waals surface area (Å²) in [4.78, 5) is 14.9. The first-order chi connectivity index (χ1) is 15.3. The fourth-order valence-electron chi connectivity index (χ4n) is 4.07. The van der Waals surface area contributed by atoms with Gasteiger partial charge in [-0.1, -0.05) is 6.07 Å². The molecule has 0 aliphatic carbocycles. The fraction of sp³-hybridized carbons (Fsp3) is 0.348. The van der Waals surface area contributed by atoms with Gasteiger partial charge < -0.3 is 18.8 Å². The van der Waals surface area contributed by atoms with Crippen LogP contribution in [-0.4, -0.2) is 51.0 Å². The molecule has 1 aliphatic rings. The second-order valence-corrected chi connectivity index (χ2v) is 10.1. The molecule has 0 saturated carbocycles. The summed E-state index contributed by atoms with van der Waals surface area (Å²) in [5, 5.41) is 0.531. The minimum Gasteiger partial charge on any atom is -0.493 e. The number of carbonyl (C=O) groups excluding carboxylic acids is 1. The SMILES string of the molecule is COc1ccc(CN(C(=O)Cc2coc3ccc(F)cc23)C2CCS(=O)(=O)C2)cc1OC. The van der Waals surface area contributed by atoms with Crippen LogP contribution in [0.1, 0.15) is 17.5 Å². The Bertz CT molecular complexity index is 1250. The molecule has 0 bridgehead atoms. The number of fused-ring (bicyclic) bond motifs is 1. The average molecular weight is 462 g/mol. The van der Waals surface area contributed by atoms with Crippen LogP contribution < -0.4 is 9.47 Å². The van der Waals surface area contributed by atoms with Crippen LogP contribution in [0, 0.1) is 5.82 Å². The predicted octanol–water partition coefficient (Wildman–Crippen LogP) is 3.35. The lowest BCUT2D eigenvalue weighted by atomic mass is 10.1. The van der Waals surface area contributed by atoms with Gasteiger partial charge in [-0.05, 0) is 42.3 Å². The summed E-state index contributed by atoms with van der Waals surface area (Å²) in [6.45, 7) is 0.212. The van der Waals surface area contributed by atoms with Crippen molar-refractivity contribution in [1.82, 2.24) is 4.90 Å². The Morgan fingerprint density at radius 2 is 1.94 bits per heavy atom. The first-order valence-corrected chi connectivity index (χ1v) is 12.0. The highest BCUT2D eigenvalue weighted by atomic mass is 32.2. The summed E-state index contributed by atoms with van der Waals surface area (Å²) < 4.78 is 54.0. The van der Waals surface area contributed by atoms with Gasteiger partial charge in [0, 0.05) is 23.5 Å². The molecule has 0 N–H and O–H groups in total. The number of benzene rings is 2. The molecule has 2 aromatic carbocycles. The second-order valence-electron chi connectivity index (χ2n) is 7.85. The highest BCUT2D eigenvalue weighted by Crippen LogP contribution is 2.30. The van der Waals surface area contributed by atoms with E-state index in [-0.39, 0.29) is 30.4 Å². The smallest absolute Gasteiger partial charge is 0.227 e. The van der Waals surface area contributed by atoms with Gasteiger partial charge in [0.15, 0.2) is 21.3 Å². The van der Waals surface area contributed by atoms with Gasteiger partial charge in [0.25, 0.3) is 0 Å². The molecule has 32 heavy (non-hydrogen) atoms. The summed E-state index contributed by atoms with van der Waals surface area (Å²) in [5.41, 5.74) is 1.83. The maximum absolute atomic E-state index is 13.7. The van der Waals surface area contributed by atoms with E-state index >= 15 is 0 Å². The van der Waals surface area contributed by atoms with E-state index in [9.17, 15) is 17.6 Å². The summed E-state index contributed by atoms with van der Waals surface area (Å²) >= 11 is 0. The summed E-state index contributed by atoms with van der Waals surface area (Å²) in [7, 11) is -0.137. The van der Waals surface area contributed by atoms with Crippen molar-refractivity contribution in [3.05, 3.63) is 59.6 Å². The van der Waals surface area contributed by atoms with Crippen molar-refractivity contribution in [3.8, 4) is 11.5 Å². The molecule has 1 fully saturated rings. The van der Waals surface area contributed by atoms with E-state index < -0.39 is 21.7 Å². The number of furan rings is 1. The zero-order valence-electron chi connectivity index (χ0n) is 17.8. The number of ether oxygens (including phenoxy) is 2. The maximum atomic E-state index is 13.7. The number of hydrogen-bond acceptors (Lipinski definition) is 6. The van der Waals surface area contributed by atoms with Crippen LogP contribution in [0.15, 0.2) is 47.1 Å². The van der Waals surface area contributed by atoms with Crippen LogP contribution in [0.2, 0.25) is 0 Å². The van der Waals surface area contributed by atoms with E-state index in [0.717, 1.165) is 5.56 Å². The number of halogens is 1. The molecule has 1 amide bonds. The monoisotopic (exact) mass is 461 g/mol. The van der Waals surface area contributed by atoms with Gasteiger partial charge in [0.2, 0.25) is 5.91 Å². The van der Waals surface area contributed by atoms with E-state index in [4.69, 9.17) is 13.9 Å². The Balaban J connectivity index is 1.63. The van der Waals surface area contributed by atoms with E-state index in [1.54, 1.807) is 17.0 Å². The van der Waals surface area contributed by atoms with Gasteiger partial charge in [-0.15, -0.1) is 0 Å².